The molecule has 0 aliphatic carbocycles. The normalized spacial score (nSPS) is 14.1. The first-order chi connectivity index (χ1) is 10.2. The Morgan fingerprint density at radius 3 is 2.55 bits per heavy atom. The fraction of sp³-hybridized carbons (Fsp3) is 0.600. The van der Waals surface area contributed by atoms with E-state index in [1.54, 1.807) is 32.9 Å². The minimum Gasteiger partial charge on any atom is -0.478 e. The Morgan fingerprint density at radius 1 is 1.36 bits per heavy atom. The number of rotatable bonds is 6. The highest BCUT2D eigenvalue weighted by Gasteiger charge is 2.21. The third kappa shape index (κ3) is 6.28. The molecule has 2 atom stereocenters. The zero-order valence-corrected chi connectivity index (χ0v) is 13.4. The van der Waals surface area contributed by atoms with Crippen LogP contribution in [0.5, 0.6) is 5.88 Å². The molecule has 7 nitrogen and oxygen atoms in total. The van der Waals surface area contributed by atoms with E-state index in [1.165, 1.54) is 6.20 Å². The van der Waals surface area contributed by atoms with Gasteiger partial charge < -0.3 is 25.0 Å². The van der Waals surface area contributed by atoms with Gasteiger partial charge in [-0.05, 0) is 33.8 Å². The number of aromatic nitrogens is 1. The number of aliphatic hydroxyl groups excluding tert-OH is 2. The fourth-order valence-electron chi connectivity index (χ4n) is 1.64. The zero-order chi connectivity index (χ0) is 16.8. The number of carbonyl (C=O) groups is 1. The van der Waals surface area contributed by atoms with Crippen LogP contribution in [0.3, 0.4) is 0 Å². The van der Waals surface area contributed by atoms with Gasteiger partial charge in [-0.3, -0.25) is 0 Å². The van der Waals surface area contributed by atoms with E-state index in [0.717, 1.165) is 0 Å². The van der Waals surface area contributed by atoms with Crippen LogP contribution in [-0.2, 0) is 4.74 Å². The van der Waals surface area contributed by atoms with Crippen LogP contribution in [0.4, 0.5) is 4.79 Å². The predicted molar refractivity (Wildman–Crippen MR) is 80.6 cm³/mol. The molecular formula is C15H24N2O5. The SMILES string of the molecule is CCOc1ccc(C(O)C(O)CNC(=O)OC(C)(C)C)cn1. The van der Waals surface area contributed by atoms with E-state index in [1.807, 2.05) is 6.92 Å². The van der Waals surface area contributed by atoms with Gasteiger partial charge in [-0.1, -0.05) is 0 Å². The van der Waals surface area contributed by atoms with Crippen molar-refractivity contribution >= 4 is 6.09 Å². The van der Waals surface area contributed by atoms with Crippen molar-refractivity contribution in [1.29, 1.82) is 0 Å². The third-order valence-electron chi connectivity index (χ3n) is 2.61. The molecule has 1 aromatic heterocycles. The highest BCUT2D eigenvalue weighted by molar-refractivity contribution is 5.67. The van der Waals surface area contributed by atoms with Crippen LogP contribution in [0, 0.1) is 0 Å². The summed E-state index contributed by atoms with van der Waals surface area (Å²) < 4.78 is 10.2. The van der Waals surface area contributed by atoms with Gasteiger partial charge in [-0.15, -0.1) is 0 Å². The van der Waals surface area contributed by atoms with Gasteiger partial charge in [0.15, 0.2) is 0 Å². The number of hydrogen-bond donors (Lipinski definition) is 3. The molecule has 0 fully saturated rings. The lowest BCUT2D eigenvalue weighted by molar-refractivity contribution is 0.0127. The maximum Gasteiger partial charge on any atom is 0.407 e. The predicted octanol–water partition coefficient (Wildman–Crippen LogP) is 1.40. The summed E-state index contributed by atoms with van der Waals surface area (Å²) in [5, 5.41) is 22.3. The van der Waals surface area contributed by atoms with E-state index in [9.17, 15) is 15.0 Å². The van der Waals surface area contributed by atoms with Gasteiger partial charge >= 0.3 is 6.09 Å². The Bertz CT molecular complexity index is 470. The van der Waals surface area contributed by atoms with Crippen LogP contribution in [0.15, 0.2) is 18.3 Å². The Morgan fingerprint density at radius 2 is 2.05 bits per heavy atom. The maximum atomic E-state index is 11.5. The molecule has 0 radical (unpaired) electrons. The fourth-order valence-corrected chi connectivity index (χ4v) is 1.64. The van der Waals surface area contributed by atoms with Crippen molar-refractivity contribution in [2.45, 2.75) is 45.5 Å². The van der Waals surface area contributed by atoms with E-state index < -0.39 is 23.9 Å². The molecule has 7 heteroatoms. The number of pyridine rings is 1. The number of alkyl carbamates (subject to hydrolysis) is 1. The van der Waals surface area contributed by atoms with Crippen molar-refractivity contribution in [2.75, 3.05) is 13.2 Å². The minimum atomic E-state index is -1.17. The van der Waals surface area contributed by atoms with Gasteiger partial charge in [0.05, 0.1) is 6.61 Å². The molecule has 0 saturated carbocycles. The highest BCUT2D eigenvalue weighted by Crippen LogP contribution is 2.18. The van der Waals surface area contributed by atoms with Gasteiger partial charge in [0.25, 0.3) is 0 Å². The Balaban J connectivity index is 2.50. The average Bonchev–Trinajstić information content (AvgIpc) is 2.43. The molecule has 124 valence electrons. The molecule has 2 unspecified atom stereocenters. The second-order valence-electron chi connectivity index (χ2n) is 5.76. The standard InChI is InChI=1S/C15H24N2O5/c1-5-21-12-7-6-10(8-16-12)13(19)11(18)9-17-14(20)22-15(2,3)4/h6-8,11,13,18-19H,5,9H2,1-4H3,(H,17,20). The van der Waals surface area contributed by atoms with E-state index in [0.29, 0.717) is 18.1 Å². The first kappa shape index (κ1) is 18.2. The second kappa shape index (κ2) is 7.95. The minimum absolute atomic E-state index is 0.136. The zero-order valence-electron chi connectivity index (χ0n) is 13.4. The Kier molecular flexibility index (Phi) is 6.58. The molecule has 0 aliphatic rings. The Labute approximate surface area is 130 Å². The first-order valence-corrected chi connectivity index (χ1v) is 7.14. The molecule has 0 aromatic carbocycles. The third-order valence-corrected chi connectivity index (χ3v) is 2.61. The van der Waals surface area contributed by atoms with Crippen LogP contribution < -0.4 is 10.1 Å². The number of aliphatic hydroxyl groups is 2. The first-order valence-electron chi connectivity index (χ1n) is 7.14. The van der Waals surface area contributed by atoms with Gasteiger partial charge in [-0.25, -0.2) is 9.78 Å². The lowest BCUT2D eigenvalue weighted by atomic mass is 10.1. The second-order valence-corrected chi connectivity index (χ2v) is 5.76. The summed E-state index contributed by atoms with van der Waals surface area (Å²) in [6.45, 7) is 7.42. The monoisotopic (exact) mass is 312 g/mol. The quantitative estimate of drug-likeness (QED) is 0.734. The number of carbonyl (C=O) groups excluding carboxylic acids is 1. The molecule has 22 heavy (non-hydrogen) atoms. The average molecular weight is 312 g/mol. The summed E-state index contributed by atoms with van der Waals surface area (Å²) in [7, 11) is 0. The van der Waals surface area contributed by atoms with Crippen molar-refractivity contribution in [3.8, 4) is 5.88 Å². The number of ether oxygens (including phenoxy) is 2. The van der Waals surface area contributed by atoms with Gasteiger partial charge in [-0.2, -0.15) is 0 Å². The molecule has 1 heterocycles. The molecule has 1 aromatic rings. The molecule has 3 N–H and O–H groups in total. The highest BCUT2D eigenvalue weighted by atomic mass is 16.6. The number of hydrogen-bond acceptors (Lipinski definition) is 6. The number of amides is 1. The molecule has 1 amide bonds. The van der Waals surface area contributed by atoms with E-state index in [4.69, 9.17) is 9.47 Å². The molecule has 0 aliphatic heterocycles. The van der Waals surface area contributed by atoms with Crippen LogP contribution in [0.1, 0.15) is 39.4 Å². The van der Waals surface area contributed by atoms with Gasteiger partial charge in [0, 0.05) is 24.4 Å². The van der Waals surface area contributed by atoms with Crippen LogP contribution >= 0.6 is 0 Å². The molecule has 0 bridgehead atoms. The van der Waals surface area contributed by atoms with Crippen molar-refractivity contribution < 1.29 is 24.5 Å². The van der Waals surface area contributed by atoms with Crippen molar-refractivity contribution in [1.82, 2.24) is 10.3 Å². The van der Waals surface area contributed by atoms with Gasteiger partial charge in [0.2, 0.25) is 5.88 Å². The van der Waals surface area contributed by atoms with E-state index in [2.05, 4.69) is 10.3 Å². The summed E-state index contributed by atoms with van der Waals surface area (Å²) in [6, 6.07) is 3.22. The smallest absolute Gasteiger partial charge is 0.407 e. The van der Waals surface area contributed by atoms with E-state index >= 15 is 0 Å². The summed E-state index contributed by atoms with van der Waals surface area (Å²) >= 11 is 0. The topological polar surface area (TPSA) is 101 Å². The van der Waals surface area contributed by atoms with Crippen LogP contribution in [0.25, 0.3) is 0 Å². The number of nitrogens with one attached hydrogen (secondary N) is 1. The van der Waals surface area contributed by atoms with Crippen molar-refractivity contribution in [2.24, 2.45) is 0 Å². The lowest BCUT2D eigenvalue weighted by Gasteiger charge is -2.22. The van der Waals surface area contributed by atoms with Crippen LogP contribution in [-0.4, -0.2) is 46.1 Å². The summed E-state index contributed by atoms with van der Waals surface area (Å²) in [5.41, 5.74) is -0.186. The lowest BCUT2D eigenvalue weighted by Crippen LogP contribution is -2.38. The van der Waals surface area contributed by atoms with Crippen molar-refractivity contribution in [3.63, 3.8) is 0 Å². The maximum absolute atomic E-state index is 11.5. The van der Waals surface area contributed by atoms with Crippen LogP contribution in [0.2, 0.25) is 0 Å². The summed E-state index contributed by atoms with van der Waals surface area (Å²) in [4.78, 5) is 15.5. The van der Waals surface area contributed by atoms with E-state index in [-0.39, 0.29) is 6.54 Å². The molecular weight excluding hydrogens is 288 g/mol. The van der Waals surface area contributed by atoms with Gasteiger partial charge in [0.1, 0.15) is 17.8 Å². The summed E-state index contributed by atoms with van der Waals surface area (Å²) in [6.07, 6.45) is -1.57. The summed E-state index contributed by atoms with van der Waals surface area (Å²) in [5.74, 6) is 0.444. The number of nitrogens with zero attached hydrogens (tertiary/aromatic N) is 1. The molecule has 0 spiro atoms. The molecule has 1 rings (SSSR count). The Hall–Kier alpha value is -1.86. The van der Waals surface area contributed by atoms with Crippen molar-refractivity contribution in [3.05, 3.63) is 23.9 Å². The molecule has 0 saturated heterocycles. The largest absolute Gasteiger partial charge is 0.478 e.